The van der Waals surface area contributed by atoms with Gasteiger partial charge in [0, 0.05) is 19.6 Å². The van der Waals surface area contributed by atoms with Crippen molar-refractivity contribution in [1.82, 2.24) is 4.90 Å². The second-order valence-electron chi connectivity index (χ2n) is 11.7. The number of likely N-dealkylation sites (tertiary alicyclic amines) is 1. The van der Waals surface area contributed by atoms with Crippen LogP contribution in [0.1, 0.15) is 92.2 Å². The Morgan fingerprint density at radius 2 is 1.73 bits per heavy atom. The molecule has 1 aliphatic heterocycles. The van der Waals surface area contributed by atoms with Gasteiger partial charge in [0.15, 0.2) is 0 Å². The fourth-order valence-corrected chi connectivity index (χ4v) is 6.45. The molecule has 41 heavy (non-hydrogen) atoms. The van der Waals surface area contributed by atoms with Crippen molar-refractivity contribution in [2.75, 3.05) is 32.9 Å². The van der Waals surface area contributed by atoms with Crippen LogP contribution in [0, 0.1) is 6.92 Å². The largest absolute Gasteiger partial charge is 0.494 e. The summed E-state index contributed by atoms with van der Waals surface area (Å²) in [6, 6.07) is 22.5. The van der Waals surface area contributed by atoms with Gasteiger partial charge in [-0.25, -0.2) is 0 Å². The molecule has 1 heterocycles. The molecule has 3 aromatic carbocycles. The number of rotatable bonds is 11. The first-order chi connectivity index (χ1) is 20.0. The summed E-state index contributed by atoms with van der Waals surface area (Å²) < 4.78 is 24.8. The van der Waals surface area contributed by atoms with E-state index >= 15 is 0 Å². The number of hydrogen-bond donors (Lipinski definition) is 0. The Morgan fingerprint density at radius 3 is 2.46 bits per heavy atom. The minimum absolute atomic E-state index is 0.166. The molecule has 0 radical (unpaired) electrons. The van der Waals surface area contributed by atoms with E-state index in [4.69, 9.17) is 9.47 Å². The summed E-state index contributed by atoms with van der Waals surface area (Å²) in [5, 5.41) is 0. The Morgan fingerprint density at radius 1 is 0.951 bits per heavy atom. The highest BCUT2D eigenvalue weighted by Gasteiger charge is 2.25. The van der Waals surface area contributed by atoms with E-state index in [1.807, 2.05) is 6.92 Å². The maximum atomic E-state index is 12.6. The van der Waals surface area contributed by atoms with Crippen LogP contribution in [0.25, 0.3) is 11.1 Å². The molecule has 1 saturated heterocycles. The molecule has 0 spiro atoms. The van der Waals surface area contributed by atoms with Crippen LogP contribution >= 0.6 is 0 Å². The van der Waals surface area contributed by atoms with Crippen LogP contribution in [-0.4, -0.2) is 43.9 Å². The van der Waals surface area contributed by atoms with Crippen molar-refractivity contribution in [3.63, 3.8) is 0 Å². The molecule has 3 aromatic rings. The molecule has 0 N–H and O–H groups in total. The van der Waals surface area contributed by atoms with Gasteiger partial charge in [-0.2, -0.15) is 0 Å². The second-order valence-corrected chi connectivity index (χ2v) is 11.7. The van der Waals surface area contributed by atoms with Crippen LogP contribution in [0.2, 0.25) is 0 Å². The van der Waals surface area contributed by atoms with E-state index in [9.17, 15) is 4.39 Å². The van der Waals surface area contributed by atoms with Gasteiger partial charge in [0.05, 0.1) is 13.3 Å². The minimum atomic E-state index is -0.250. The van der Waals surface area contributed by atoms with Crippen LogP contribution in [0.4, 0.5) is 4.39 Å². The normalized spacial score (nSPS) is 18.2. The molecule has 1 aliphatic carbocycles. The van der Waals surface area contributed by atoms with E-state index in [-0.39, 0.29) is 12.8 Å². The molecular formula is C37H46FNO2. The third-order valence-electron chi connectivity index (χ3n) is 8.87. The maximum Gasteiger partial charge on any atom is 0.119 e. The Kier molecular flexibility index (Phi) is 9.82. The van der Waals surface area contributed by atoms with Gasteiger partial charge in [0.25, 0.3) is 0 Å². The Bertz CT molecular complexity index is 1350. The van der Waals surface area contributed by atoms with E-state index in [0.29, 0.717) is 18.9 Å². The van der Waals surface area contributed by atoms with E-state index in [0.717, 1.165) is 63.2 Å². The standard InChI is InChI=1S/C37H46FNO2/c1-5-26(3)29-13-17-35-30(24-29)9-7-10-36(34-18-16-32(40-6-2)23-27(34)4)37(35)28-11-14-31(15-12-28)41-33-19-22-39(25-33)21-8-20-38/h11-18,23-24,26,33H,5-10,19-22,25H2,1-4H3. The van der Waals surface area contributed by atoms with Gasteiger partial charge in [-0.1, -0.05) is 50.2 Å². The van der Waals surface area contributed by atoms with Crippen LogP contribution in [0.5, 0.6) is 11.5 Å². The quantitative estimate of drug-likeness (QED) is 0.236. The first-order valence-corrected chi connectivity index (χ1v) is 15.7. The summed E-state index contributed by atoms with van der Waals surface area (Å²) in [4.78, 5) is 2.31. The zero-order valence-electron chi connectivity index (χ0n) is 25.3. The maximum absolute atomic E-state index is 12.6. The van der Waals surface area contributed by atoms with Crippen LogP contribution < -0.4 is 9.47 Å². The highest BCUT2D eigenvalue weighted by Crippen LogP contribution is 2.42. The SMILES string of the molecule is CCOc1ccc(C2=C(c3ccc(OC4CCN(CCCF)C4)cc3)c3ccc(C(C)CC)cc3CCC2)c(C)c1. The monoisotopic (exact) mass is 555 g/mol. The number of halogens is 1. The Hall–Kier alpha value is -3.11. The van der Waals surface area contributed by atoms with Gasteiger partial charge < -0.3 is 9.47 Å². The zero-order chi connectivity index (χ0) is 28.8. The Labute approximate surface area is 246 Å². The average Bonchev–Trinajstić information content (AvgIpc) is 3.34. The number of aryl methyl sites for hydroxylation is 2. The lowest BCUT2D eigenvalue weighted by Gasteiger charge is -2.20. The van der Waals surface area contributed by atoms with Gasteiger partial charge in [-0.15, -0.1) is 0 Å². The molecule has 0 amide bonds. The van der Waals surface area contributed by atoms with Gasteiger partial charge in [-0.05, 0) is 127 Å². The predicted molar refractivity (Wildman–Crippen MR) is 169 cm³/mol. The van der Waals surface area contributed by atoms with Crippen molar-refractivity contribution in [3.8, 4) is 11.5 Å². The van der Waals surface area contributed by atoms with Crippen molar-refractivity contribution in [2.24, 2.45) is 0 Å². The molecule has 2 atom stereocenters. The number of alkyl halides is 1. The van der Waals surface area contributed by atoms with E-state index in [2.05, 4.69) is 86.3 Å². The summed E-state index contributed by atoms with van der Waals surface area (Å²) >= 11 is 0. The second kappa shape index (κ2) is 13.7. The lowest BCUT2D eigenvalue weighted by molar-refractivity contribution is 0.198. The van der Waals surface area contributed by atoms with Crippen molar-refractivity contribution in [2.45, 2.75) is 78.2 Å². The molecule has 1 fully saturated rings. The van der Waals surface area contributed by atoms with Crippen molar-refractivity contribution in [3.05, 3.63) is 94.0 Å². The van der Waals surface area contributed by atoms with Gasteiger partial charge in [-0.3, -0.25) is 9.29 Å². The smallest absolute Gasteiger partial charge is 0.119 e. The molecule has 0 saturated carbocycles. The predicted octanol–water partition coefficient (Wildman–Crippen LogP) is 9.02. The van der Waals surface area contributed by atoms with Crippen molar-refractivity contribution < 1.29 is 13.9 Å². The molecule has 2 unspecified atom stereocenters. The molecule has 218 valence electrons. The van der Waals surface area contributed by atoms with Crippen LogP contribution in [-0.2, 0) is 6.42 Å². The third-order valence-corrected chi connectivity index (χ3v) is 8.87. The highest BCUT2D eigenvalue weighted by molar-refractivity contribution is 6.00. The lowest BCUT2D eigenvalue weighted by atomic mass is 9.85. The molecule has 5 rings (SSSR count). The van der Waals surface area contributed by atoms with Gasteiger partial charge in [0.1, 0.15) is 17.6 Å². The fraction of sp³-hybridized carbons (Fsp3) is 0.459. The first kappa shape index (κ1) is 29.4. The summed E-state index contributed by atoms with van der Waals surface area (Å²) in [6.45, 7) is 11.9. The third kappa shape index (κ3) is 6.86. The number of allylic oxidation sites excluding steroid dienone is 1. The van der Waals surface area contributed by atoms with Crippen LogP contribution in [0.3, 0.4) is 0 Å². The van der Waals surface area contributed by atoms with Crippen molar-refractivity contribution in [1.29, 1.82) is 0 Å². The van der Waals surface area contributed by atoms with Gasteiger partial charge in [0.2, 0.25) is 0 Å². The van der Waals surface area contributed by atoms with E-state index < -0.39 is 0 Å². The fourth-order valence-electron chi connectivity index (χ4n) is 6.45. The van der Waals surface area contributed by atoms with E-state index in [1.165, 1.54) is 44.5 Å². The first-order valence-electron chi connectivity index (χ1n) is 15.7. The summed E-state index contributed by atoms with van der Waals surface area (Å²) in [5.74, 6) is 2.40. The summed E-state index contributed by atoms with van der Waals surface area (Å²) in [6.07, 6.45) is 6.16. The number of ether oxygens (including phenoxy) is 2. The Balaban J connectivity index is 1.51. The number of hydrogen-bond acceptors (Lipinski definition) is 3. The minimum Gasteiger partial charge on any atom is -0.494 e. The molecule has 0 bridgehead atoms. The summed E-state index contributed by atoms with van der Waals surface area (Å²) in [7, 11) is 0. The van der Waals surface area contributed by atoms with Crippen molar-refractivity contribution >= 4 is 11.1 Å². The highest BCUT2D eigenvalue weighted by atomic mass is 19.1. The number of benzene rings is 3. The number of nitrogens with zero attached hydrogens (tertiary/aromatic N) is 1. The van der Waals surface area contributed by atoms with E-state index in [1.54, 1.807) is 0 Å². The van der Waals surface area contributed by atoms with Gasteiger partial charge >= 0.3 is 0 Å². The topological polar surface area (TPSA) is 21.7 Å². The summed E-state index contributed by atoms with van der Waals surface area (Å²) in [5.41, 5.74) is 10.8. The zero-order valence-corrected chi connectivity index (χ0v) is 25.3. The average molecular weight is 556 g/mol. The lowest BCUT2D eigenvalue weighted by Crippen LogP contribution is -2.26. The molecule has 3 nitrogen and oxygen atoms in total. The molecule has 0 aromatic heterocycles. The molecular weight excluding hydrogens is 509 g/mol. The van der Waals surface area contributed by atoms with Crippen LogP contribution in [0.15, 0.2) is 60.7 Å². The number of fused-ring (bicyclic) bond motifs is 1. The molecule has 4 heteroatoms. The molecule has 2 aliphatic rings.